The molecule has 0 saturated carbocycles. The summed E-state index contributed by atoms with van der Waals surface area (Å²) in [5.41, 5.74) is 3.06. The molecule has 3 aromatic rings. The summed E-state index contributed by atoms with van der Waals surface area (Å²) in [5, 5.41) is 0.0741. The number of ether oxygens (including phenoxy) is 2. The molecule has 5 nitrogen and oxygen atoms in total. The Morgan fingerprint density at radius 1 is 1.06 bits per heavy atom. The van der Waals surface area contributed by atoms with Crippen molar-refractivity contribution in [1.82, 2.24) is 0 Å². The molecular weight excluding hydrogens is 470 g/mol. The number of carbonyl (C=O) groups excluding carboxylic acids is 2. The molecule has 1 fully saturated rings. The third kappa shape index (κ3) is 5.19. The summed E-state index contributed by atoms with van der Waals surface area (Å²) in [6, 6.07) is 20.2. The minimum absolute atomic E-state index is 0.314. The van der Waals surface area contributed by atoms with Gasteiger partial charge in [0, 0.05) is 10.6 Å². The highest BCUT2D eigenvalue weighted by molar-refractivity contribution is 8.19. The van der Waals surface area contributed by atoms with E-state index in [0.717, 1.165) is 33.4 Å². The van der Waals surface area contributed by atoms with Crippen molar-refractivity contribution in [3.63, 3.8) is 0 Å². The third-order valence-electron chi connectivity index (χ3n) is 5.12. The number of thioether (sulfide) groups is 1. The van der Waals surface area contributed by atoms with Crippen molar-refractivity contribution in [2.45, 2.75) is 13.0 Å². The van der Waals surface area contributed by atoms with Crippen molar-refractivity contribution < 1.29 is 19.1 Å². The monoisotopic (exact) mass is 491 g/mol. The minimum atomic E-state index is -0.397. The molecule has 0 aliphatic carbocycles. The number of methoxy groups -OCH3 is 1. The lowest BCUT2D eigenvalue weighted by Crippen LogP contribution is -2.27. The van der Waals surface area contributed by atoms with Gasteiger partial charge in [-0.1, -0.05) is 54.1 Å². The van der Waals surface area contributed by atoms with Crippen LogP contribution in [0.25, 0.3) is 6.08 Å². The van der Waals surface area contributed by atoms with Crippen molar-refractivity contribution in [3.05, 3.63) is 106 Å². The van der Waals surface area contributed by atoms with Gasteiger partial charge >= 0.3 is 0 Å². The van der Waals surface area contributed by atoms with Crippen LogP contribution in [0.15, 0.2) is 84.3 Å². The second-order valence-electron chi connectivity index (χ2n) is 7.48. The zero-order chi connectivity index (χ0) is 24.1. The fourth-order valence-corrected chi connectivity index (χ4v) is 4.60. The van der Waals surface area contributed by atoms with Crippen LogP contribution in [-0.4, -0.2) is 18.3 Å². The second kappa shape index (κ2) is 10.6. The van der Waals surface area contributed by atoms with Crippen LogP contribution >= 0.6 is 23.4 Å². The van der Waals surface area contributed by atoms with Gasteiger partial charge in [-0.25, -0.2) is 4.90 Å². The first-order chi connectivity index (χ1) is 16.5. The van der Waals surface area contributed by atoms with Gasteiger partial charge in [0.2, 0.25) is 0 Å². The van der Waals surface area contributed by atoms with Crippen LogP contribution in [0.1, 0.15) is 16.7 Å². The number of carbonyl (C=O) groups is 2. The summed E-state index contributed by atoms with van der Waals surface area (Å²) < 4.78 is 11.7. The van der Waals surface area contributed by atoms with E-state index in [4.69, 9.17) is 21.1 Å². The molecule has 4 rings (SSSR count). The molecule has 172 valence electrons. The van der Waals surface area contributed by atoms with Gasteiger partial charge in [0.05, 0.1) is 17.7 Å². The molecule has 3 aromatic carbocycles. The molecule has 1 heterocycles. The van der Waals surface area contributed by atoms with Crippen LogP contribution in [0.4, 0.5) is 10.5 Å². The number of imide groups is 1. The molecule has 1 aliphatic rings. The van der Waals surface area contributed by atoms with Crippen LogP contribution in [0.5, 0.6) is 11.5 Å². The zero-order valence-electron chi connectivity index (χ0n) is 18.5. The normalized spacial score (nSPS) is 14.5. The lowest BCUT2D eigenvalue weighted by atomic mass is 10.0. The molecular formula is C27H22ClNO4S. The summed E-state index contributed by atoms with van der Waals surface area (Å²) >= 11 is 6.93. The number of anilines is 1. The van der Waals surface area contributed by atoms with Gasteiger partial charge in [-0.05, 0) is 65.7 Å². The number of nitrogens with zero attached hydrogens (tertiary/aromatic N) is 1. The molecule has 0 radical (unpaired) electrons. The number of hydrogen-bond donors (Lipinski definition) is 0. The molecule has 0 atom stereocenters. The number of allylic oxidation sites excluding steroid dienone is 1. The molecule has 0 bridgehead atoms. The fourth-order valence-electron chi connectivity index (χ4n) is 3.58. The summed E-state index contributed by atoms with van der Waals surface area (Å²) in [6.07, 6.45) is 4.01. The van der Waals surface area contributed by atoms with E-state index in [1.165, 1.54) is 0 Å². The Bertz CT molecular complexity index is 1270. The maximum atomic E-state index is 13.0. The van der Waals surface area contributed by atoms with Crippen LogP contribution in [-0.2, 0) is 17.8 Å². The Hall–Kier alpha value is -3.48. The van der Waals surface area contributed by atoms with E-state index in [9.17, 15) is 9.59 Å². The largest absolute Gasteiger partial charge is 0.493 e. The molecule has 1 saturated heterocycles. The average Bonchev–Trinajstić information content (AvgIpc) is 3.11. The average molecular weight is 492 g/mol. The fraction of sp³-hybridized carbons (Fsp3) is 0.111. The Morgan fingerprint density at radius 3 is 2.56 bits per heavy atom. The number of amides is 2. The van der Waals surface area contributed by atoms with E-state index >= 15 is 0 Å². The first kappa shape index (κ1) is 23.7. The standard InChI is InChI=1S/C27H22ClNO4S/c1-3-8-20-13-19(14-23(32-2)25(20)33-17-18-9-5-4-6-10-18)15-24-26(30)29(27(31)34-24)22-12-7-11-21(28)16-22/h3-7,9-16H,1,8,17H2,2H3/b24-15+. The first-order valence-corrected chi connectivity index (χ1v) is 11.7. The molecule has 0 N–H and O–H groups in total. The first-order valence-electron chi connectivity index (χ1n) is 10.5. The van der Waals surface area contributed by atoms with Gasteiger partial charge < -0.3 is 9.47 Å². The maximum Gasteiger partial charge on any atom is 0.298 e. The number of halogens is 1. The number of rotatable bonds is 8. The lowest BCUT2D eigenvalue weighted by molar-refractivity contribution is -0.113. The van der Waals surface area contributed by atoms with Crippen LogP contribution in [0.2, 0.25) is 5.02 Å². The molecule has 2 amide bonds. The molecule has 0 aromatic heterocycles. The lowest BCUT2D eigenvalue weighted by Gasteiger charge is -2.16. The van der Waals surface area contributed by atoms with Crippen LogP contribution in [0.3, 0.4) is 0 Å². The van der Waals surface area contributed by atoms with Crippen molar-refractivity contribution in [1.29, 1.82) is 0 Å². The highest BCUT2D eigenvalue weighted by Crippen LogP contribution is 2.39. The molecule has 0 spiro atoms. The van der Waals surface area contributed by atoms with Crippen LogP contribution < -0.4 is 14.4 Å². The number of benzene rings is 3. The van der Waals surface area contributed by atoms with Crippen LogP contribution in [0, 0.1) is 0 Å². The maximum absolute atomic E-state index is 13.0. The van der Waals surface area contributed by atoms with E-state index in [1.54, 1.807) is 49.6 Å². The van der Waals surface area contributed by atoms with Crippen molar-refractivity contribution >= 4 is 46.3 Å². The molecule has 0 unspecified atom stereocenters. The van der Waals surface area contributed by atoms with Gasteiger partial charge in [-0.2, -0.15) is 0 Å². The highest BCUT2D eigenvalue weighted by atomic mass is 35.5. The Labute approximate surface area is 207 Å². The van der Waals surface area contributed by atoms with Crippen molar-refractivity contribution in [2.24, 2.45) is 0 Å². The number of hydrogen-bond acceptors (Lipinski definition) is 5. The summed E-state index contributed by atoms with van der Waals surface area (Å²) in [4.78, 5) is 27.1. The topological polar surface area (TPSA) is 55.8 Å². The van der Waals surface area contributed by atoms with Gasteiger partial charge in [-0.3, -0.25) is 9.59 Å². The zero-order valence-corrected chi connectivity index (χ0v) is 20.1. The van der Waals surface area contributed by atoms with Gasteiger partial charge in [-0.15, -0.1) is 6.58 Å². The Kier molecular flexibility index (Phi) is 7.40. The second-order valence-corrected chi connectivity index (χ2v) is 8.91. The van der Waals surface area contributed by atoms with Gasteiger partial charge in [0.15, 0.2) is 11.5 Å². The van der Waals surface area contributed by atoms with Crippen molar-refractivity contribution in [3.8, 4) is 11.5 Å². The Balaban J connectivity index is 1.65. The van der Waals surface area contributed by atoms with E-state index in [1.807, 2.05) is 36.4 Å². The SMILES string of the molecule is C=CCc1cc(/C=C2/SC(=O)N(c3cccc(Cl)c3)C2=O)cc(OC)c1OCc1ccccc1. The van der Waals surface area contributed by atoms with E-state index in [-0.39, 0.29) is 5.24 Å². The van der Waals surface area contributed by atoms with Crippen molar-refractivity contribution in [2.75, 3.05) is 12.0 Å². The predicted molar refractivity (Wildman–Crippen MR) is 138 cm³/mol. The summed E-state index contributed by atoms with van der Waals surface area (Å²) in [7, 11) is 1.57. The molecule has 7 heteroatoms. The molecule has 1 aliphatic heterocycles. The molecule has 34 heavy (non-hydrogen) atoms. The minimum Gasteiger partial charge on any atom is -0.493 e. The van der Waals surface area contributed by atoms with E-state index in [0.29, 0.717) is 40.1 Å². The highest BCUT2D eigenvalue weighted by Gasteiger charge is 2.36. The summed E-state index contributed by atoms with van der Waals surface area (Å²) in [5.74, 6) is 0.761. The van der Waals surface area contributed by atoms with E-state index < -0.39 is 5.91 Å². The third-order valence-corrected chi connectivity index (χ3v) is 6.23. The summed E-state index contributed by atoms with van der Waals surface area (Å²) in [6.45, 7) is 4.23. The van der Waals surface area contributed by atoms with E-state index in [2.05, 4.69) is 6.58 Å². The Morgan fingerprint density at radius 2 is 1.85 bits per heavy atom. The quantitative estimate of drug-likeness (QED) is 0.253. The predicted octanol–water partition coefficient (Wildman–Crippen LogP) is 6.90. The van der Waals surface area contributed by atoms with Gasteiger partial charge in [0.1, 0.15) is 6.61 Å². The van der Waals surface area contributed by atoms with Gasteiger partial charge in [0.25, 0.3) is 11.1 Å². The smallest absolute Gasteiger partial charge is 0.298 e.